The Labute approximate surface area is 96.0 Å². The van der Waals surface area contributed by atoms with Crippen LogP contribution in [0.25, 0.3) is 0 Å². The van der Waals surface area contributed by atoms with Gasteiger partial charge in [-0.25, -0.2) is 0 Å². The molecule has 5 heteroatoms. The van der Waals surface area contributed by atoms with Crippen molar-refractivity contribution in [1.29, 1.82) is 0 Å². The molecule has 1 heterocycles. The van der Waals surface area contributed by atoms with Crippen molar-refractivity contribution in [3.8, 4) is 0 Å². The van der Waals surface area contributed by atoms with E-state index >= 15 is 0 Å². The Morgan fingerprint density at radius 3 is 2.50 bits per heavy atom. The number of rotatable bonds is 5. The molecule has 0 aromatic rings. The first-order valence-electron chi connectivity index (χ1n) is 5.61. The molecule has 0 aliphatic carbocycles. The van der Waals surface area contributed by atoms with Crippen LogP contribution in [0.1, 0.15) is 19.8 Å². The standard InChI is InChI=1S/C11H21NO4/c1-11(10(14)15)3-5-12(6-4-11)7-9(13)8-16-2/h9,13H,3-8H2,1-2H3,(H,14,15). The number of ether oxygens (including phenoxy) is 1. The SMILES string of the molecule is COCC(O)CN1CCC(C)(C(=O)O)CC1. The largest absolute Gasteiger partial charge is 0.481 e. The minimum atomic E-state index is -0.718. The summed E-state index contributed by atoms with van der Waals surface area (Å²) in [6, 6.07) is 0. The summed E-state index contributed by atoms with van der Waals surface area (Å²) >= 11 is 0. The molecule has 2 N–H and O–H groups in total. The molecule has 0 bridgehead atoms. The van der Waals surface area contributed by atoms with Gasteiger partial charge in [-0.2, -0.15) is 0 Å². The van der Waals surface area contributed by atoms with Crippen LogP contribution < -0.4 is 0 Å². The highest BCUT2D eigenvalue weighted by Crippen LogP contribution is 2.30. The zero-order chi connectivity index (χ0) is 12.2. The number of aliphatic hydroxyl groups is 1. The van der Waals surface area contributed by atoms with E-state index in [9.17, 15) is 9.90 Å². The highest BCUT2D eigenvalue weighted by Gasteiger charge is 2.36. The van der Waals surface area contributed by atoms with E-state index in [1.165, 1.54) is 0 Å². The summed E-state index contributed by atoms with van der Waals surface area (Å²) in [4.78, 5) is 13.1. The zero-order valence-electron chi connectivity index (χ0n) is 9.98. The monoisotopic (exact) mass is 231 g/mol. The number of likely N-dealkylation sites (tertiary alicyclic amines) is 1. The van der Waals surface area contributed by atoms with Crippen molar-refractivity contribution < 1.29 is 19.7 Å². The Morgan fingerprint density at radius 1 is 1.50 bits per heavy atom. The van der Waals surface area contributed by atoms with Crippen molar-refractivity contribution in [2.24, 2.45) is 5.41 Å². The molecule has 0 amide bonds. The van der Waals surface area contributed by atoms with Gasteiger partial charge in [0.1, 0.15) is 0 Å². The van der Waals surface area contributed by atoms with E-state index in [1.54, 1.807) is 14.0 Å². The highest BCUT2D eigenvalue weighted by molar-refractivity contribution is 5.74. The second-order valence-corrected chi connectivity index (χ2v) is 4.78. The third kappa shape index (κ3) is 3.43. The lowest BCUT2D eigenvalue weighted by Crippen LogP contribution is -2.45. The molecule has 0 radical (unpaired) electrons. The molecule has 94 valence electrons. The number of aliphatic carboxylic acids is 1. The van der Waals surface area contributed by atoms with Gasteiger partial charge in [-0.1, -0.05) is 0 Å². The molecular weight excluding hydrogens is 210 g/mol. The van der Waals surface area contributed by atoms with Crippen LogP contribution in [0, 0.1) is 5.41 Å². The van der Waals surface area contributed by atoms with Crippen molar-refractivity contribution in [1.82, 2.24) is 4.90 Å². The lowest BCUT2D eigenvalue weighted by molar-refractivity contribution is -0.150. The smallest absolute Gasteiger partial charge is 0.309 e. The van der Waals surface area contributed by atoms with Crippen LogP contribution in [0.15, 0.2) is 0 Å². The molecule has 1 aliphatic heterocycles. The predicted molar refractivity (Wildman–Crippen MR) is 59.3 cm³/mol. The maximum Gasteiger partial charge on any atom is 0.309 e. The summed E-state index contributed by atoms with van der Waals surface area (Å²) in [6.45, 7) is 4.13. The van der Waals surface area contributed by atoms with Crippen LogP contribution in [-0.2, 0) is 9.53 Å². The summed E-state index contributed by atoms with van der Waals surface area (Å²) in [5.74, 6) is -0.718. The summed E-state index contributed by atoms with van der Waals surface area (Å²) in [5.41, 5.74) is -0.595. The lowest BCUT2D eigenvalue weighted by Gasteiger charge is -2.37. The number of hydrogen-bond donors (Lipinski definition) is 2. The van der Waals surface area contributed by atoms with Crippen molar-refractivity contribution in [2.75, 3.05) is 33.4 Å². The summed E-state index contributed by atoms with van der Waals surface area (Å²) in [6.07, 6.45) is 0.795. The Bertz CT molecular complexity index is 236. The third-order valence-electron chi connectivity index (χ3n) is 3.30. The molecule has 0 aromatic carbocycles. The zero-order valence-corrected chi connectivity index (χ0v) is 9.98. The molecule has 5 nitrogen and oxygen atoms in total. The number of carboxylic acids is 1. The normalized spacial score (nSPS) is 22.9. The fourth-order valence-corrected chi connectivity index (χ4v) is 1.99. The average Bonchev–Trinajstić information content (AvgIpc) is 2.22. The fraction of sp³-hybridized carbons (Fsp3) is 0.909. The van der Waals surface area contributed by atoms with Crippen LogP contribution in [-0.4, -0.2) is 60.5 Å². The van der Waals surface area contributed by atoms with Gasteiger partial charge in [0.2, 0.25) is 0 Å². The van der Waals surface area contributed by atoms with E-state index < -0.39 is 17.5 Å². The Kier molecular flexibility index (Phi) is 4.70. The number of aliphatic hydroxyl groups excluding tert-OH is 1. The van der Waals surface area contributed by atoms with Crippen LogP contribution in [0.5, 0.6) is 0 Å². The quantitative estimate of drug-likeness (QED) is 0.706. The number of piperidine rings is 1. The van der Waals surface area contributed by atoms with Crippen LogP contribution in [0.3, 0.4) is 0 Å². The molecule has 1 unspecified atom stereocenters. The number of methoxy groups -OCH3 is 1. The molecule has 1 fully saturated rings. The first kappa shape index (κ1) is 13.4. The van der Waals surface area contributed by atoms with Crippen molar-refractivity contribution in [3.05, 3.63) is 0 Å². The Hall–Kier alpha value is -0.650. The van der Waals surface area contributed by atoms with E-state index in [-0.39, 0.29) is 0 Å². The lowest BCUT2D eigenvalue weighted by atomic mass is 9.80. The van der Waals surface area contributed by atoms with Gasteiger partial charge >= 0.3 is 5.97 Å². The first-order valence-corrected chi connectivity index (χ1v) is 5.61. The van der Waals surface area contributed by atoms with Gasteiger partial charge in [-0.3, -0.25) is 4.79 Å². The topological polar surface area (TPSA) is 70.0 Å². The summed E-state index contributed by atoms with van der Waals surface area (Å²) in [7, 11) is 1.56. The van der Waals surface area contributed by atoms with Gasteiger partial charge in [0.25, 0.3) is 0 Å². The van der Waals surface area contributed by atoms with Gasteiger partial charge < -0.3 is 19.8 Å². The van der Waals surface area contributed by atoms with Gasteiger partial charge in [0, 0.05) is 13.7 Å². The Morgan fingerprint density at radius 2 is 2.06 bits per heavy atom. The number of carbonyl (C=O) groups is 1. The van der Waals surface area contributed by atoms with Crippen molar-refractivity contribution >= 4 is 5.97 Å². The highest BCUT2D eigenvalue weighted by atomic mass is 16.5. The molecule has 0 spiro atoms. The summed E-state index contributed by atoms with van der Waals surface area (Å²) in [5, 5.41) is 18.6. The average molecular weight is 231 g/mol. The van der Waals surface area contributed by atoms with E-state index in [1.807, 2.05) is 0 Å². The van der Waals surface area contributed by atoms with Gasteiger partial charge in [0.15, 0.2) is 0 Å². The molecule has 0 aromatic heterocycles. The van der Waals surface area contributed by atoms with E-state index in [0.717, 1.165) is 13.1 Å². The maximum atomic E-state index is 11.0. The molecule has 1 aliphatic rings. The minimum absolute atomic E-state index is 0.326. The van der Waals surface area contributed by atoms with Crippen molar-refractivity contribution in [2.45, 2.75) is 25.9 Å². The third-order valence-corrected chi connectivity index (χ3v) is 3.30. The van der Waals surface area contributed by atoms with Gasteiger partial charge in [-0.05, 0) is 32.9 Å². The number of β-amino-alcohol motifs (C(OH)–C–C–N with tert-alkyl or cyclic N) is 1. The molecule has 1 rings (SSSR count). The molecule has 16 heavy (non-hydrogen) atoms. The van der Waals surface area contributed by atoms with Crippen LogP contribution in [0.2, 0.25) is 0 Å². The van der Waals surface area contributed by atoms with E-state index in [4.69, 9.17) is 9.84 Å². The number of carboxylic acid groups (broad SMARTS) is 1. The first-order chi connectivity index (χ1) is 7.48. The number of nitrogens with zero attached hydrogens (tertiary/aromatic N) is 1. The van der Waals surface area contributed by atoms with E-state index in [0.29, 0.717) is 26.0 Å². The molecule has 0 saturated carbocycles. The van der Waals surface area contributed by atoms with Crippen LogP contribution >= 0.6 is 0 Å². The number of hydrogen-bond acceptors (Lipinski definition) is 4. The Balaban J connectivity index is 2.34. The minimum Gasteiger partial charge on any atom is -0.481 e. The van der Waals surface area contributed by atoms with E-state index in [2.05, 4.69) is 4.90 Å². The summed E-state index contributed by atoms with van der Waals surface area (Å²) < 4.78 is 4.85. The molecule has 1 atom stereocenters. The van der Waals surface area contributed by atoms with Gasteiger partial charge in [-0.15, -0.1) is 0 Å². The van der Waals surface area contributed by atoms with Gasteiger partial charge in [0.05, 0.1) is 18.1 Å². The molecule has 1 saturated heterocycles. The predicted octanol–water partition coefficient (Wildman–Crippen LogP) is 0.180. The van der Waals surface area contributed by atoms with Crippen LogP contribution in [0.4, 0.5) is 0 Å². The van der Waals surface area contributed by atoms with Crippen molar-refractivity contribution in [3.63, 3.8) is 0 Å². The second-order valence-electron chi connectivity index (χ2n) is 4.78. The molecular formula is C11H21NO4. The fourth-order valence-electron chi connectivity index (χ4n) is 1.99. The maximum absolute atomic E-state index is 11.0. The second kappa shape index (κ2) is 5.61.